The molecule has 0 aromatic heterocycles. The number of nitrogens with one attached hydrogen (secondary N) is 2. The largest absolute Gasteiger partial charge is 0.493 e. The number of benzene rings is 1. The van der Waals surface area contributed by atoms with Crippen molar-refractivity contribution < 1.29 is 28.5 Å². The van der Waals surface area contributed by atoms with Crippen molar-refractivity contribution in [3.63, 3.8) is 0 Å². The van der Waals surface area contributed by atoms with Gasteiger partial charge in [-0.1, -0.05) is 19.9 Å². The quantitative estimate of drug-likeness (QED) is 0.650. The van der Waals surface area contributed by atoms with Crippen LogP contribution in [0.3, 0.4) is 0 Å². The van der Waals surface area contributed by atoms with E-state index >= 15 is 0 Å². The van der Waals surface area contributed by atoms with Crippen LogP contribution >= 0.6 is 0 Å². The van der Waals surface area contributed by atoms with Gasteiger partial charge in [-0.2, -0.15) is 0 Å². The minimum absolute atomic E-state index is 0.212. The molecule has 26 heavy (non-hydrogen) atoms. The first-order chi connectivity index (χ1) is 12.4. The maximum Gasteiger partial charge on any atom is 0.409 e. The smallest absolute Gasteiger partial charge is 0.409 e. The summed E-state index contributed by atoms with van der Waals surface area (Å²) in [7, 11) is 1.52. The highest BCUT2D eigenvalue weighted by molar-refractivity contribution is 5.71. The second-order valence-electron chi connectivity index (χ2n) is 5.78. The number of rotatable bonds is 9. The zero-order valence-electron chi connectivity index (χ0n) is 16.0. The van der Waals surface area contributed by atoms with Gasteiger partial charge in [0, 0.05) is 0 Å². The number of hydrogen-bond donors (Lipinski definition) is 2. The van der Waals surface area contributed by atoms with E-state index in [0.717, 1.165) is 0 Å². The van der Waals surface area contributed by atoms with Crippen molar-refractivity contribution in [2.75, 3.05) is 26.9 Å². The number of alkyl carbamates (subject to hydrolysis) is 2. The summed E-state index contributed by atoms with van der Waals surface area (Å²) >= 11 is 0. The molecular weight excluding hydrogens is 340 g/mol. The summed E-state index contributed by atoms with van der Waals surface area (Å²) in [5.74, 6) is 1.43. The summed E-state index contributed by atoms with van der Waals surface area (Å²) in [6.45, 7) is 8.44. The highest BCUT2D eigenvalue weighted by atomic mass is 16.6. The van der Waals surface area contributed by atoms with Gasteiger partial charge >= 0.3 is 12.2 Å². The minimum Gasteiger partial charge on any atom is -0.493 e. The highest BCUT2D eigenvalue weighted by Gasteiger charge is 2.20. The number of ether oxygens (including phenoxy) is 4. The molecule has 2 amide bonds. The van der Waals surface area contributed by atoms with Gasteiger partial charge in [0.15, 0.2) is 11.5 Å². The van der Waals surface area contributed by atoms with Crippen molar-refractivity contribution in [3.8, 4) is 11.5 Å². The second-order valence-corrected chi connectivity index (χ2v) is 5.78. The molecule has 8 nitrogen and oxygen atoms in total. The van der Waals surface area contributed by atoms with Gasteiger partial charge in [-0.05, 0) is 37.5 Å². The van der Waals surface area contributed by atoms with E-state index in [0.29, 0.717) is 29.6 Å². The van der Waals surface area contributed by atoms with Gasteiger partial charge in [0.05, 0.1) is 26.9 Å². The minimum atomic E-state index is -0.846. The third-order valence-electron chi connectivity index (χ3n) is 3.17. The molecule has 0 spiro atoms. The number of hydrogen-bond acceptors (Lipinski definition) is 6. The molecule has 1 rings (SSSR count). The predicted octanol–water partition coefficient (Wildman–Crippen LogP) is 3.22. The van der Waals surface area contributed by atoms with Crippen LogP contribution < -0.4 is 20.1 Å². The topological polar surface area (TPSA) is 95.1 Å². The van der Waals surface area contributed by atoms with E-state index in [1.54, 1.807) is 32.0 Å². The van der Waals surface area contributed by atoms with Gasteiger partial charge in [-0.15, -0.1) is 0 Å². The van der Waals surface area contributed by atoms with E-state index in [2.05, 4.69) is 10.6 Å². The lowest BCUT2D eigenvalue weighted by atomic mass is 10.1. The maximum absolute atomic E-state index is 11.8. The molecule has 0 bridgehead atoms. The van der Waals surface area contributed by atoms with Crippen molar-refractivity contribution in [1.82, 2.24) is 10.6 Å². The van der Waals surface area contributed by atoms with E-state index in [1.165, 1.54) is 7.11 Å². The van der Waals surface area contributed by atoms with Crippen molar-refractivity contribution in [1.29, 1.82) is 0 Å². The Morgan fingerprint density at radius 1 is 1.00 bits per heavy atom. The van der Waals surface area contributed by atoms with Gasteiger partial charge in [-0.25, -0.2) is 9.59 Å². The van der Waals surface area contributed by atoms with E-state index in [1.807, 2.05) is 13.8 Å². The number of carbonyl (C=O) groups excluding carboxylic acids is 2. The fourth-order valence-corrected chi connectivity index (χ4v) is 2.02. The molecule has 0 heterocycles. The molecular formula is C18H28N2O6. The fourth-order valence-electron chi connectivity index (χ4n) is 2.02. The monoisotopic (exact) mass is 368 g/mol. The zero-order valence-corrected chi connectivity index (χ0v) is 16.0. The van der Waals surface area contributed by atoms with Gasteiger partial charge < -0.3 is 18.9 Å². The zero-order chi connectivity index (χ0) is 19.5. The summed E-state index contributed by atoms with van der Waals surface area (Å²) in [4.78, 5) is 23.6. The average molecular weight is 368 g/mol. The molecule has 0 saturated heterocycles. The first-order valence-electron chi connectivity index (χ1n) is 8.58. The normalized spacial score (nSPS) is 10.4. The molecule has 146 valence electrons. The Labute approximate surface area is 154 Å². The molecule has 0 unspecified atom stereocenters. The summed E-state index contributed by atoms with van der Waals surface area (Å²) in [5, 5.41) is 5.15. The highest BCUT2D eigenvalue weighted by Crippen LogP contribution is 2.30. The van der Waals surface area contributed by atoms with Crippen LogP contribution in [-0.2, 0) is 9.47 Å². The molecule has 0 fully saturated rings. The van der Waals surface area contributed by atoms with Gasteiger partial charge in [0.2, 0.25) is 0 Å². The van der Waals surface area contributed by atoms with E-state index < -0.39 is 18.4 Å². The Bertz CT molecular complexity index is 571. The molecule has 0 aliphatic rings. The van der Waals surface area contributed by atoms with Crippen LogP contribution in [0.15, 0.2) is 18.2 Å². The van der Waals surface area contributed by atoms with Crippen molar-refractivity contribution in [2.45, 2.75) is 33.9 Å². The molecule has 1 aromatic carbocycles. The van der Waals surface area contributed by atoms with Crippen molar-refractivity contribution >= 4 is 12.2 Å². The molecule has 1 aromatic rings. The van der Waals surface area contributed by atoms with Crippen molar-refractivity contribution in [3.05, 3.63) is 23.8 Å². The third kappa shape index (κ3) is 7.08. The molecule has 0 saturated carbocycles. The second kappa shape index (κ2) is 11.1. The van der Waals surface area contributed by atoms with Crippen LogP contribution in [0.4, 0.5) is 9.59 Å². The lowest BCUT2D eigenvalue weighted by Crippen LogP contribution is -2.41. The van der Waals surface area contributed by atoms with E-state index in [4.69, 9.17) is 18.9 Å². The summed E-state index contributed by atoms with van der Waals surface area (Å²) in [6.07, 6.45) is -2.16. The van der Waals surface area contributed by atoms with Crippen LogP contribution in [0.25, 0.3) is 0 Å². The standard InChI is InChI=1S/C18H28N2O6/c1-6-24-17(21)19-16(20-18(22)25-7-2)13-8-9-14(15(10-13)23-5)26-11-12(3)4/h8-10,12,16H,6-7,11H2,1-5H3,(H,19,21)(H,20,22). The average Bonchev–Trinajstić information content (AvgIpc) is 2.59. The molecule has 0 aliphatic heterocycles. The predicted molar refractivity (Wildman–Crippen MR) is 96.4 cm³/mol. The summed E-state index contributed by atoms with van der Waals surface area (Å²) < 4.78 is 20.8. The Kier molecular flexibility index (Phi) is 9.11. The lowest BCUT2D eigenvalue weighted by Gasteiger charge is -2.21. The Morgan fingerprint density at radius 2 is 1.58 bits per heavy atom. The van der Waals surface area contributed by atoms with Crippen LogP contribution in [-0.4, -0.2) is 39.1 Å². The Hall–Kier alpha value is -2.64. The SMILES string of the molecule is CCOC(=O)NC(NC(=O)OCC)c1ccc(OCC(C)C)c(OC)c1. The van der Waals surface area contributed by atoms with Gasteiger partial charge in [-0.3, -0.25) is 10.6 Å². The number of carbonyl (C=O) groups is 2. The molecule has 0 atom stereocenters. The van der Waals surface area contributed by atoms with Crippen LogP contribution in [0, 0.1) is 5.92 Å². The first-order valence-corrected chi connectivity index (χ1v) is 8.58. The number of methoxy groups -OCH3 is 1. The van der Waals surface area contributed by atoms with Crippen LogP contribution in [0.5, 0.6) is 11.5 Å². The van der Waals surface area contributed by atoms with Gasteiger partial charge in [0.1, 0.15) is 6.17 Å². The van der Waals surface area contributed by atoms with Crippen LogP contribution in [0.2, 0.25) is 0 Å². The van der Waals surface area contributed by atoms with Gasteiger partial charge in [0.25, 0.3) is 0 Å². The summed E-state index contributed by atoms with van der Waals surface area (Å²) in [5.41, 5.74) is 0.583. The molecule has 8 heteroatoms. The Morgan fingerprint density at radius 3 is 2.04 bits per heavy atom. The fraction of sp³-hybridized carbons (Fsp3) is 0.556. The maximum atomic E-state index is 11.8. The number of amides is 2. The third-order valence-corrected chi connectivity index (χ3v) is 3.17. The van der Waals surface area contributed by atoms with Crippen LogP contribution in [0.1, 0.15) is 39.4 Å². The summed E-state index contributed by atoms with van der Waals surface area (Å²) in [6, 6.07) is 5.13. The van der Waals surface area contributed by atoms with Crippen molar-refractivity contribution in [2.24, 2.45) is 5.92 Å². The van der Waals surface area contributed by atoms with E-state index in [-0.39, 0.29) is 13.2 Å². The molecule has 2 N–H and O–H groups in total. The molecule has 0 aliphatic carbocycles. The lowest BCUT2D eigenvalue weighted by molar-refractivity contribution is 0.135. The Balaban J connectivity index is 3.02. The van der Waals surface area contributed by atoms with E-state index in [9.17, 15) is 9.59 Å². The molecule has 0 radical (unpaired) electrons. The first kappa shape index (κ1) is 21.4.